The lowest BCUT2D eigenvalue weighted by Gasteiger charge is -2.09. The van der Waals surface area contributed by atoms with E-state index in [4.69, 9.17) is 0 Å². The summed E-state index contributed by atoms with van der Waals surface area (Å²) in [6, 6.07) is 2.11. The fourth-order valence-electron chi connectivity index (χ4n) is 1.31. The third-order valence-corrected chi connectivity index (χ3v) is 3.78. The van der Waals surface area contributed by atoms with Crippen molar-refractivity contribution in [1.29, 1.82) is 0 Å². The average molecular weight is 253 g/mol. The molecule has 0 fully saturated rings. The summed E-state index contributed by atoms with van der Waals surface area (Å²) in [5.74, 6) is 1.06. The summed E-state index contributed by atoms with van der Waals surface area (Å²) in [5.41, 5.74) is 1.20. The quantitative estimate of drug-likeness (QED) is 0.764. The van der Waals surface area contributed by atoms with E-state index in [1.165, 1.54) is 5.69 Å². The van der Waals surface area contributed by atoms with Gasteiger partial charge >= 0.3 is 0 Å². The van der Waals surface area contributed by atoms with Gasteiger partial charge in [0.15, 0.2) is 5.16 Å². The van der Waals surface area contributed by atoms with Gasteiger partial charge in [-0.1, -0.05) is 11.8 Å². The lowest BCUT2D eigenvalue weighted by atomic mass is 10.5. The number of nitrogens with zero attached hydrogens (tertiary/aromatic N) is 3. The monoisotopic (exact) mass is 253 g/mol. The molecule has 0 aromatic carbocycles. The molecule has 0 aliphatic rings. The Morgan fingerprint density at radius 3 is 3.06 bits per heavy atom. The van der Waals surface area contributed by atoms with Crippen LogP contribution in [0.2, 0.25) is 0 Å². The van der Waals surface area contributed by atoms with Crippen LogP contribution in [-0.4, -0.2) is 40.8 Å². The molecule has 0 amide bonds. The first kappa shape index (κ1) is 11.7. The fraction of sp³-hybridized carbons (Fsp3) is 0.364. The third kappa shape index (κ3) is 2.87. The van der Waals surface area contributed by atoms with Crippen LogP contribution < -0.4 is 0 Å². The molecule has 86 valence electrons. The van der Waals surface area contributed by atoms with Crippen molar-refractivity contribution in [1.82, 2.24) is 14.5 Å². The zero-order valence-corrected chi connectivity index (χ0v) is 11.1. The van der Waals surface area contributed by atoms with E-state index in [1.54, 1.807) is 23.1 Å². The topological polar surface area (TPSA) is 21.1 Å². The van der Waals surface area contributed by atoms with Gasteiger partial charge in [0.2, 0.25) is 0 Å². The molecule has 0 aliphatic heterocycles. The van der Waals surface area contributed by atoms with E-state index < -0.39 is 0 Å². The molecule has 0 aliphatic carbocycles. The number of aromatic nitrogens is 2. The van der Waals surface area contributed by atoms with Gasteiger partial charge < -0.3 is 4.90 Å². The summed E-state index contributed by atoms with van der Waals surface area (Å²) in [6.07, 6.45) is 3.87. The van der Waals surface area contributed by atoms with Gasteiger partial charge in [0.25, 0.3) is 0 Å². The van der Waals surface area contributed by atoms with Gasteiger partial charge in [-0.3, -0.25) is 4.57 Å². The van der Waals surface area contributed by atoms with Crippen molar-refractivity contribution < 1.29 is 0 Å². The summed E-state index contributed by atoms with van der Waals surface area (Å²) in [5, 5.41) is 5.29. The Morgan fingerprint density at radius 1 is 1.50 bits per heavy atom. The Bertz CT molecular complexity index is 420. The molecular weight excluding hydrogens is 238 g/mol. The Balaban J connectivity index is 2.03. The SMILES string of the molecule is CN(C)CCSc1nccn1-c1ccsc1. The Hall–Kier alpha value is -0.780. The maximum Gasteiger partial charge on any atom is 0.172 e. The number of rotatable bonds is 5. The number of imidazole rings is 1. The van der Waals surface area contributed by atoms with E-state index in [2.05, 4.69) is 45.4 Å². The van der Waals surface area contributed by atoms with Crippen LogP contribution in [0, 0.1) is 0 Å². The standard InChI is InChI=1S/C11H15N3S2/c1-13(2)6-8-16-11-12-4-5-14(11)10-3-7-15-9-10/h3-5,7,9H,6,8H2,1-2H3. The van der Waals surface area contributed by atoms with Crippen LogP contribution in [0.1, 0.15) is 0 Å². The van der Waals surface area contributed by atoms with Crippen molar-refractivity contribution in [2.24, 2.45) is 0 Å². The van der Waals surface area contributed by atoms with Crippen molar-refractivity contribution in [2.45, 2.75) is 5.16 Å². The normalized spacial score (nSPS) is 11.2. The molecule has 2 rings (SSSR count). The predicted molar refractivity (Wildman–Crippen MR) is 70.7 cm³/mol. The molecule has 3 nitrogen and oxygen atoms in total. The number of thiophene rings is 1. The maximum absolute atomic E-state index is 4.38. The predicted octanol–water partition coefficient (Wildman–Crippen LogP) is 2.59. The van der Waals surface area contributed by atoms with Crippen LogP contribution in [0.25, 0.3) is 5.69 Å². The summed E-state index contributed by atoms with van der Waals surface area (Å²) < 4.78 is 2.14. The molecule has 2 aromatic rings. The second kappa shape index (κ2) is 5.52. The summed E-state index contributed by atoms with van der Waals surface area (Å²) >= 11 is 3.50. The largest absolute Gasteiger partial charge is 0.309 e. The Kier molecular flexibility index (Phi) is 4.04. The van der Waals surface area contributed by atoms with E-state index in [0.717, 1.165) is 17.5 Å². The van der Waals surface area contributed by atoms with Crippen molar-refractivity contribution in [2.75, 3.05) is 26.4 Å². The Labute approximate surface area is 104 Å². The molecule has 5 heteroatoms. The molecule has 0 N–H and O–H groups in total. The van der Waals surface area contributed by atoms with Crippen molar-refractivity contribution in [3.8, 4) is 5.69 Å². The molecule has 0 spiro atoms. The van der Waals surface area contributed by atoms with Crippen LogP contribution in [0.3, 0.4) is 0 Å². The van der Waals surface area contributed by atoms with Gasteiger partial charge in [-0.05, 0) is 25.5 Å². The van der Waals surface area contributed by atoms with Crippen LogP contribution in [0.15, 0.2) is 34.4 Å². The molecule has 2 heterocycles. The van der Waals surface area contributed by atoms with E-state index in [0.29, 0.717) is 0 Å². The fourth-order valence-corrected chi connectivity index (χ4v) is 3.01. The second-order valence-electron chi connectivity index (χ2n) is 3.71. The van der Waals surface area contributed by atoms with E-state index >= 15 is 0 Å². The van der Waals surface area contributed by atoms with E-state index in [-0.39, 0.29) is 0 Å². The molecule has 16 heavy (non-hydrogen) atoms. The highest BCUT2D eigenvalue weighted by atomic mass is 32.2. The van der Waals surface area contributed by atoms with Crippen molar-refractivity contribution in [3.63, 3.8) is 0 Å². The summed E-state index contributed by atoms with van der Waals surface area (Å²) in [4.78, 5) is 6.57. The highest BCUT2D eigenvalue weighted by Gasteiger charge is 2.05. The molecule has 2 aromatic heterocycles. The van der Waals surface area contributed by atoms with E-state index in [1.807, 2.05) is 12.4 Å². The first-order valence-corrected chi connectivity index (χ1v) is 7.03. The lowest BCUT2D eigenvalue weighted by molar-refractivity contribution is 0.437. The second-order valence-corrected chi connectivity index (χ2v) is 5.56. The first-order chi connectivity index (χ1) is 7.77. The van der Waals surface area contributed by atoms with Gasteiger partial charge in [-0.2, -0.15) is 11.3 Å². The molecule has 0 saturated carbocycles. The molecule has 0 radical (unpaired) electrons. The van der Waals surface area contributed by atoms with Gasteiger partial charge in [-0.15, -0.1) is 0 Å². The smallest absolute Gasteiger partial charge is 0.172 e. The van der Waals surface area contributed by atoms with Crippen LogP contribution in [0.5, 0.6) is 0 Å². The number of hydrogen-bond donors (Lipinski definition) is 0. The van der Waals surface area contributed by atoms with Crippen molar-refractivity contribution in [3.05, 3.63) is 29.2 Å². The minimum Gasteiger partial charge on any atom is -0.309 e. The van der Waals surface area contributed by atoms with E-state index in [9.17, 15) is 0 Å². The highest BCUT2D eigenvalue weighted by Crippen LogP contribution is 2.21. The van der Waals surface area contributed by atoms with Gasteiger partial charge in [-0.25, -0.2) is 4.98 Å². The van der Waals surface area contributed by atoms with Crippen LogP contribution in [-0.2, 0) is 0 Å². The summed E-state index contributed by atoms with van der Waals surface area (Å²) in [7, 11) is 4.18. The minimum atomic E-state index is 1.06. The maximum atomic E-state index is 4.38. The first-order valence-electron chi connectivity index (χ1n) is 5.11. The summed E-state index contributed by atoms with van der Waals surface area (Å²) in [6.45, 7) is 1.07. The molecule has 0 saturated heterocycles. The molecule has 0 unspecified atom stereocenters. The minimum absolute atomic E-state index is 1.06. The Morgan fingerprint density at radius 2 is 2.38 bits per heavy atom. The number of hydrogen-bond acceptors (Lipinski definition) is 4. The highest BCUT2D eigenvalue weighted by molar-refractivity contribution is 7.99. The molecule has 0 atom stereocenters. The van der Waals surface area contributed by atoms with Crippen LogP contribution in [0.4, 0.5) is 0 Å². The lowest BCUT2D eigenvalue weighted by Crippen LogP contribution is -2.15. The third-order valence-electron chi connectivity index (χ3n) is 2.16. The van der Waals surface area contributed by atoms with Gasteiger partial charge in [0.05, 0.1) is 5.69 Å². The zero-order chi connectivity index (χ0) is 11.4. The number of thioether (sulfide) groups is 1. The molecular formula is C11H15N3S2. The molecule has 0 bridgehead atoms. The van der Waals surface area contributed by atoms with Gasteiger partial charge in [0, 0.05) is 30.1 Å². The van der Waals surface area contributed by atoms with Gasteiger partial charge in [0.1, 0.15) is 0 Å². The average Bonchev–Trinajstić information content (AvgIpc) is 2.84. The van der Waals surface area contributed by atoms with Crippen LogP contribution >= 0.6 is 23.1 Å². The zero-order valence-electron chi connectivity index (χ0n) is 9.46. The van der Waals surface area contributed by atoms with Crippen molar-refractivity contribution >= 4 is 23.1 Å².